The quantitative estimate of drug-likeness (QED) is 0.772. The minimum atomic E-state index is -0.202. The normalized spacial score (nSPS) is 36.6. The zero-order valence-corrected chi connectivity index (χ0v) is 12.5. The Balaban J connectivity index is 1.88. The molecule has 1 spiro atoms. The van der Waals surface area contributed by atoms with Crippen LogP contribution in [0.15, 0.2) is 24.3 Å². The lowest BCUT2D eigenvalue weighted by atomic mass is 9.66. The molecule has 0 aromatic heterocycles. The summed E-state index contributed by atoms with van der Waals surface area (Å²) in [5.41, 5.74) is 0.987. The maximum atomic E-state index is 13.1. The van der Waals surface area contributed by atoms with E-state index in [1.807, 2.05) is 12.1 Å². The lowest BCUT2D eigenvalue weighted by Gasteiger charge is -2.36. The summed E-state index contributed by atoms with van der Waals surface area (Å²) in [7, 11) is 0. The maximum absolute atomic E-state index is 13.1. The molecule has 2 fully saturated rings. The van der Waals surface area contributed by atoms with Gasteiger partial charge in [0.1, 0.15) is 11.6 Å². The molecule has 2 saturated carbocycles. The molecule has 108 valence electrons. The first-order valence-corrected chi connectivity index (χ1v) is 7.76. The second-order valence-corrected chi connectivity index (χ2v) is 7.04. The molecular formula is C18H23FO. The summed E-state index contributed by atoms with van der Waals surface area (Å²) in [5, 5.41) is 0. The van der Waals surface area contributed by atoms with Gasteiger partial charge in [-0.15, -0.1) is 0 Å². The lowest BCUT2D eigenvalue weighted by molar-refractivity contribution is -0.135. The van der Waals surface area contributed by atoms with Crippen LogP contribution >= 0.6 is 0 Å². The van der Waals surface area contributed by atoms with Crippen molar-refractivity contribution in [2.75, 3.05) is 0 Å². The smallest absolute Gasteiger partial charge is 0.143 e. The number of benzene rings is 1. The van der Waals surface area contributed by atoms with Gasteiger partial charge < -0.3 is 0 Å². The van der Waals surface area contributed by atoms with Crippen molar-refractivity contribution in [2.45, 2.75) is 46.0 Å². The van der Waals surface area contributed by atoms with E-state index in [1.54, 1.807) is 0 Å². The van der Waals surface area contributed by atoms with E-state index in [1.165, 1.54) is 12.1 Å². The van der Waals surface area contributed by atoms with Crippen LogP contribution in [0, 0.1) is 29.0 Å². The highest BCUT2D eigenvalue weighted by Crippen LogP contribution is 2.68. The highest BCUT2D eigenvalue weighted by atomic mass is 19.1. The Bertz CT molecular complexity index is 519. The number of carbonyl (C=O) groups is 1. The SMILES string of the molecule is CC(C)[C@H]1CC[C@H](C)[C@@]2(C[C@@H]2c2ccc(F)cc2)C1=O. The fourth-order valence-electron chi connectivity index (χ4n) is 4.25. The van der Waals surface area contributed by atoms with Crippen molar-refractivity contribution in [3.8, 4) is 0 Å². The Morgan fingerprint density at radius 3 is 2.45 bits per heavy atom. The molecule has 0 N–H and O–H groups in total. The van der Waals surface area contributed by atoms with E-state index in [0.717, 1.165) is 24.8 Å². The minimum Gasteiger partial charge on any atom is -0.299 e. The Hall–Kier alpha value is -1.18. The van der Waals surface area contributed by atoms with Crippen molar-refractivity contribution < 1.29 is 9.18 Å². The Morgan fingerprint density at radius 1 is 1.20 bits per heavy atom. The number of Topliss-reactive ketones (excluding diaryl/α,β-unsaturated/α-hetero) is 1. The van der Waals surface area contributed by atoms with E-state index in [2.05, 4.69) is 20.8 Å². The van der Waals surface area contributed by atoms with Crippen LogP contribution in [-0.2, 0) is 4.79 Å². The number of carbonyl (C=O) groups excluding carboxylic acids is 1. The molecule has 1 aromatic rings. The number of ketones is 1. The van der Waals surface area contributed by atoms with Gasteiger partial charge in [-0.3, -0.25) is 4.79 Å². The average molecular weight is 274 g/mol. The molecule has 3 rings (SSSR count). The van der Waals surface area contributed by atoms with Crippen LogP contribution in [-0.4, -0.2) is 5.78 Å². The van der Waals surface area contributed by atoms with Crippen molar-refractivity contribution in [3.63, 3.8) is 0 Å². The Morgan fingerprint density at radius 2 is 1.85 bits per heavy atom. The van der Waals surface area contributed by atoms with Gasteiger partial charge in [0.05, 0.1) is 0 Å². The van der Waals surface area contributed by atoms with E-state index >= 15 is 0 Å². The lowest BCUT2D eigenvalue weighted by Crippen LogP contribution is -2.39. The summed E-state index contributed by atoms with van der Waals surface area (Å²) < 4.78 is 13.1. The second kappa shape index (κ2) is 4.68. The first kappa shape index (κ1) is 13.8. The van der Waals surface area contributed by atoms with Crippen LogP contribution in [0.4, 0.5) is 4.39 Å². The number of hydrogen-bond acceptors (Lipinski definition) is 1. The van der Waals surface area contributed by atoms with Crippen molar-refractivity contribution in [1.82, 2.24) is 0 Å². The molecule has 1 nitrogen and oxygen atoms in total. The van der Waals surface area contributed by atoms with Crippen molar-refractivity contribution in [2.24, 2.45) is 23.2 Å². The summed E-state index contributed by atoms with van der Waals surface area (Å²) in [6.07, 6.45) is 3.14. The third kappa shape index (κ3) is 1.92. The molecule has 0 saturated heterocycles. The first-order valence-electron chi connectivity index (χ1n) is 7.76. The van der Waals surface area contributed by atoms with E-state index in [4.69, 9.17) is 0 Å². The minimum absolute atomic E-state index is 0.148. The molecule has 0 aliphatic heterocycles. The van der Waals surface area contributed by atoms with E-state index < -0.39 is 0 Å². The predicted molar refractivity (Wildman–Crippen MR) is 77.9 cm³/mol. The molecule has 4 atom stereocenters. The van der Waals surface area contributed by atoms with Crippen LogP contribution in [0.1, 0.15) is 51.5 Å². The van der Waals surface area contributed by atoms with Gasteiger partial charge in [0.25, 0.3) is 0 Å². The van der Waals surface area contributed by atoms with Gasteiger partial charge >= 0.3 is 0 Å². The maximum Gasteiger partial charge on any atom is 0.143 e. The highest BCUT2D eigenvalue weighted by Gasteiger charge is 2.65. The average Bonchev–Trinajstić information content (AvgIpc) is 3.14. The number of halogens is 1. The predicted octanol–water partition coefficient (Wildman–Crippen LogP) is 4.57. The van der Waals surface area contributed by atoms with Crippen LogP contribution in [0.25, 0.3) is 0 Å². The molecule has 0 amide bonds. The van der Waals surface area contributed by atoms with Crippen LogP contribution < -0.4 is 0 Å². The summed E-state index contributed by atoms with van der Waals surface area (Å²) in [6.45, 7) is 6.53. The van der Waals surface area contributed by atoms with E-state index in [0.29, 0.717) is 23.5 Å². The molecule has 2 heteroatoms. The third-order valence-electron chi connectivity index (χ3n) is 5.67. The highest BCUT2D eigenvalue weighted by molar-refractivity contribution is 5.92. The first-order chi connectivity index (χ1) is 9.46. The fraction of sp³-hybridized carbons (Fsp3) is 0.611. The van der Waals surface area contributed by atoms with Gasteiger partial charge in [-0.2, -0.15) is 0 Å². The van der Waals surface area contributed by atoms with Crippen molar-refractivity contribution in [1.29, 1.82) is 0 Å². The zero-order chi connectivity index (χ0) is 14.5. The Kier molecular flexibility index (Phi) is 3.23. The second-order valence-electron chi connectivity index (χ2n) is 7.04. The number of rotatable bonds is 2. The largest absolute Gasteiger partial charge is 0.299 e. The topological polar surface area (TPSA) is 17.1 Å². The van der Waals surface area contributed by atoms with E-state index in [9.17, 15) is 9.18 Å². The molecule has 20 heavy (non-hydrogen) atoms. The van der Waals surface area contributed by atoms with Gasteiger partial charge in [0.15, 0.2) is 0 Å². The van der Waals surface area contributed by atoms with Crippen molar-refractivity contribution >= 4 is 5.78 Å². The van der Waals surface area contributed by atoms with Crippen LogP contribution in [0.2, 0.25) is 0 Å². The Labute approximate surface area is 120 Å². The number of hydrogen-bond donors (Lipinski definition) is 0. The molecule has 1 aromatic carbocycles. The molecule has 2 aliphatic rings. The molecule has 0 bridgehead atoms. The summed E-state index contributed by atoms with van der Waals surface area (Å²) in [4.78, 5) is 12.9. The monoisotopic (exact) mass is 274 g/mol. The fourth-order valence-corrected chi connectivity index (χ4v) is 4.25. The standard InChI is InChI=1S/C18H23FO/c1-11(2)15-9-4-12(3)18(17(15)20)10-16(18)13-5-7-14(19)8-6-13/h5-8,11-12,15-16H,4,9-10H2,1-3H3/t12-,15+,16+,18+/m0/s1. The van der Waals surface area contributed by atoms with Gasteiger partial charge in [-0.05, 0) is 54.7 Å². The van der Waals surface area contributed by atoms with Gasteiger partial charge in [0.2, 0.25) is 0 Å². The molecular weight excluding hydrogens is 251 g/mol. The summed E-state index contributed by atoms with van der Waals surface area (Å²) in [5.74, 6) is 1.69. The molecule has 0 unspecified atom stereocenters. The van der Waals surface area contributed by atoms with Crippen molar-refractivity contribution in [3.05, 3.63) is 35.6 Å². The zero-order valence-electron chi connectivity index (χ0n) is 12.5. The van der Waals surface area contributed by atoms with Crippen LogP contribution in [0.3, 0.4) is 0 Å². The molecule has 2 aliphatic carbocycles. The van der Waals surface area contributed by atoms with Crippen LogP contribution in [0.5, 0.6) is 0 Å². The van der Waals surface area contributed by atoms with E-state index in [-0.39, 0.29) is 17.2 Å². The summed E-state index contributed by atoms with van der Waals surface area (Å²) in [6, 6.07) is 6.74. The van der Waals surface area contributed by atoms with Gasteiger partial charge in [-0.1, -0.05) is 32.9 Å². The summed E-state index contributed by atoms with van der Waals surface area (Å²) >= 11 is 0. The van der Waals surface area contributed by atoms with Gasteiger partial charge in [-0.25, -0.2) is 4.39 Å². The molecule has 0 heterocycles. The third-order valence-corrected chi connectivity index (χ3v) is 5.67. The molecule has 0 radical (unpaired) electrons. The van der Waals surface area contributed by atoms with Gasteiger partial charge in [0, 0.05) is 11.3 Å².